The van der Waals surface area contributed by atoms with Crippen molar-refractivity contribution in [3.8, 4) is 11.1 Å². The molecule has 0 unspecified atom stereocenters. The van der Waals surface area contributed by atoms with Crippen LogP contribution in [0.1, 0.15) is 18.9 Å². The van der Waals surface area contributed by atoms with Crippen LogP contribution in [0.5, 0.6) is 0 Å². The maximum absolute atomic E-state index is 14.0. The Morgan fingerprint density at radius 2 is 1.96 bits per heavy atom. The number of likely N-dealkylation sites (tertiary alicyclic amines) is 1. The second kappa shape index (κ2) is 6.75. The molecule has 26 heavy (non-hydrogen) atoms. The lowest BCUT2D eigenvalue weighted by Crippen LogP contribution is -2.38. The Bertz CT molecular complexity index is 970. The minimum absolute atomic E-state index is 0.0106. The molecule has 0 spiro atoms. The van der Waals surface area contributed by atoms with Crippen LogP contribution in [0.4, 0.5) is 4.39 Å². The first kappa shape index (κ1) is 16.5. The van der Waals surface area contributed by atoms with Crippen LogP contribution < -0.4 is 0 Å². The fraction of sp³-hybridized carbons (Fsp3) is 0.238. The van der Waals surface area contributed by atoms with Crippen LogP contribution in [0, 0.1) is 5.82 Å². The molecule has 0 saturated carbocycles. The molecule has 1 aromatic heterocycles. The minimum atomic E-state index is -0.224. The lowest BCUT2D eigenvalue weighted by molar-refractivity contribution is -0.127. The molecule has 1 saturated heterocycles. The van der Waals surface area contributed by atoms with Gasteiger partial charge in [0.05, 0.1) is 11.6 Å². The van der Waals surface area contributed by atoms with Crippen LogP contribution >= 0.6 is 0 Å². The molecular formula is C21H20FN3O. The molecule has 0 aliphatic carbocycles. The normalized spacial score (nSPS) is 15.3. The van der Waals surface area contributed by atoms with Gasteiger partial charge in [0, 0.05) is 30.2 Å². The number of hydrogen-bond acceptors (Lipinski definition) is 2. The van der Waals surface area contributed by atoms with Crippen LogP contribution in [0.2, 0.25) is 0 Å². The number of carbonyl (C=O) groups excluding carboxylic acids is 1. The van der Waals surface area contributed by atoms with Crippen LogP contribution in [-0.2, 0) is 4.79 Å². The molecule has 1 amide bonds. The van der Waals surface area contributed by atoms with Crippen molar-refractivity contribution in [2.24, 2.45) is 0 Å². The molecule has 1 aliphatic heterocycles. The molecule has 0 N–H and O–H groups in total. The lowest BCUT2D eigenvalue weighted by atomic mass is 10.0. The highest BCUT2D eigenvalue weighted by Crippen LogP contribution is 2.28. The highest BCUT2D eigenvalue weighted by molar-refractivity contribution is 5.87. The summed E-state index contributed by atoms with van der Waals surface area (Å²) in [6, 6.07) is 12.9. The number of halogens is 1. The van der Waals surface area contributed by atoms with Gasteiger partial charge in [0.15, 0.2) is 0 Å². The number of hydrogen-bond donors (Lipinski definition) is 0. The summed E-state index contributed by atoms with van der Waals surface area (Å²) in [5.74, 6) is -0.234. The fourth-order valence-electron chi connectivity index (χ4n) is 3.57. The SMILES string of the molecule is C=CC(=O)N1CCC(n2cc3cc(-c4ccccc4F)ccc3n2)CC1. The highest BCUT2D eigenvalue weighted by Gasteiger charge is 2.23. The van der Waals surface area contributed by atoms with E-state index < -0.39 is 0 Å². The number of carbonyl (C=O) groups is 1. The predicted molar refractivity (Wildman–Crippen MR) is 100 cm³/mol. The third-order valence-electron chi connectivity index (χ3n) is 5.03. The van der Waals surface area contributed by atoms with Crippen molar-refractivity contribution in [3.05, 3.63) is 67.1 Å². The van der Waals surface area contributed by atoms with Crippen molar-refractivity contribution in [1.29, 1.82) is 0 Å². The molecule has 0 bridgehead atoms. The number of nitrogens with zero attached hydrogens (tertiary/aromatic N) is 3. The van der Waals surface area contributed by atoms with Crippen molar-refractivity contribution < 1.29 is 9.18 Å². The number of benzene rings is 2. The largest absolute Gasteiger partial charge is 0.339 e. The van der Waals surface area contributed by atoms with Gasteiger partial charge in [-0.3, -0.25) is 9.48 Å². The number of amides is 1. The van der Waals surface area contributed by atoms with E-state index in [-0.39, 0.29) is 17.8 Å². The van der Waals surface area contributed by atoms with E-state index >= 15 is 0 Å². The van der Waals surface area contributed by atoms with Crippen LogP contribution in [0.15, 0.2) is 61.3 Å². The van der Waals surface area contributed by atoms with Gasteiger partial charge in [-0.05, 0) is 42.7 Å². The Balaban J connectivity index is 1.58. The molecule has 3 aromatic rings. The Hall–Kier alpha value is -2.95. The summed E-state index contributed by atoms with van der Waals surface area (Å²) in [7, 11) is 0. The molecule has 0 atom stereocenters. The maximum atomic E-state index is 14.0. The van der Waals surface area contributed by atoms with Crippen LogP contribution in [-0.4, -0.2) is 33.7 Å². The summed E-state index contributed by atoms with van der Waals surface area (Å²) in [5, 5.41) is 5.68. The van der Waals surface area contributed by atoms with Crippen molar-refractivity contribution in [3.63, 3.8) is 0 Å². The lowest BCUT2D eigenvalue weighted by Gasteiger charge is -2.31. The van der Waals surface area contributed by atoms with E-state index in [0.717, 1.165) is 29.3 Å². The third kappa shape index (κ3) is 3.01. The molecule has 5 heteroatoms. The van der Waals surface area contributed by atoms with E-state index in [1.54, 1.807) is 12.1 Å². The highest BCUT2D eigenvalue weighted by atomic mass is 19.1. The van der Waals surface area contributed by atoms with Crippen molar-refractivity contribution in [2.45, 2.75) is 18.9 Å². The summed E-state index contributed by atoms with van der Waals surface area (Å²) in [4.78, 5) is 13.5. The zero-order valence-electron chi connectivity index (χ0n) is 14.4. The van der Waals surface area contributed by atoms with Crippen molar-refractivity contribution >= 4 is 16.8 Å². The number of aromatic nitrogens is 2. The number of rotatable bonds is 3. The Morgan fingerprint density at radius 3 is 2.69 bits per heavy atom. The van der Waals surface area contributed by atoms with Crippen molar-refractivity contribution in [1.82, 2.24) is 14.7 Å². The Labute approximate surface area is 151 Å². The zero-order chi connectivity index (χ0) is 18.1. The molecule has 2 heterocycles. The van der Waals surface area contributed by atoms with E-state index in [9.17, 15) is 9.18 Å². The van der Waals surface area contributed by atoms with E-state index in [1.165, 1.54) is 12.1 Å². The first-order valence-electron chi connectivity index (χ1n) is 8.81. The molecule has 1 fully saturated rings. The van der Waals surface area contributed by atoms with Crippen molar-refractivity contribution in [2.75, 3.05) is 13.1 Å². The minimum Gasteiger partial charge on any atom is -0.339 e. The summed E-state index contributed by atoms with van der Waals surface area (Å²) >= 11 is 0. The van der Waals surface area contributed by atoms with E-state index in [0.29, 0.717) is 18.7 Å². The quantitative estimate of drug-likeness (QED) is 0.665. The van der Waals surface area contributed by atoms with Gasteiger partial charge in [0.25, 0.3) is 0 Å². The first-order chi connectivity index (χ1) is 12.7. The van der Waals surface area contributed by atoms with Gasteiger partial charge in [-0.15, -0.1) is 0 Å². The second-order valence-electron chi connectivity index (χ2n) is 6.62. The van der Waals surface area contributed by atoms with Gasteiger partial charge in [-0.2, -0.15) is 5.10 Å². The van der Waals surface area contributed by atoms with Gasteiger partial charge >= 0.3 is 0 Å². The average Bonchev–Trinajstić information content (AvgIpc) is 3.11. The third-order valence-corrected chi connectivity index (χ3v) is 5.03. The second-order valence-corrected chi connectivity index (χ2v) is 6.62. The first-order valence-corrected chi connectivity index (χ1v) is 8.81. The summed E-state index contributed by atoms with van der Waals surface area (Å²) in [6.07, 6.45) is 5.13. The zero-order valence-corrected chi connectivity index (χ0v) is 14.4. The monoisotopic (exact) mass is 349 g/mol. The summed E-state index contributed by atoms with van der Waals surface area (Å²) in [5.41, 5.74) is 2.34. The van der Waals surface area contributed by atoms with E-state index in [4.69, 9.17) is 0 Å². The molecule has 1 aliphatic rings. The molecule has 0 radical (unpaired) electrons. The number of piperidine rings is 1. The molecule has 132 valence electrons. The van der Waals surface area contributed by atoms with Crippen LogP contribution in [0.25, 0.3) is 22.0 Å². The topological polar surface area (TPSA) is 38.1 Å². The Morgan fingerprint density at radius 1 is 1.19 bits per heavy atom. The predicted octanol–water partition coefficient (Wildman–Crippen LogP) is 4.19. The van der Waals surface area contributed by atoms with Gasteiger partial charge in [-0.25, -0.2) is 4.39 Å². The van der Waals surface area contributed by atoms with Gasteiger partial charge in [0.1, 0.15) is 5.82 Å². The van der Waals surface area contributed by atoms with Gasteiger partial charge < -0.3 is 4.90 Å². The summed E-state index contributed by atoms with van der Waals surface area (Å²) in [6.45, 7) is 4.97. The molecule has 2 aromatic carbocycles. The van der Waals surface area contributed by atoms with E-state index in [2.05, 4.69) is 11.7 Å². The molecular weight excluding hydrogens is 329 g/mol. The molecule has 4 nitrogen and oxygen atoms in total. The average molecular weight is 349 g/mol. The standard InChI is InChI=1S/C21H20FN3O/c1-2-21(26)24-11-9-17(10-12-24)25-14-16-13-15(7-8-20(16)23-25)18-5-3-4-6-19(18)22/h2-8,13-14,17H,1,9-12H2. The smallest absolute Gasteiger partial charge is 0.245 e. The van der Waals surface area contributed by atoms with Crippen LogP contribution in [0.3, 0.4) is 0 Å². The fourth-order valence-corrected chi connectivity index (χ4v) is 3.57. The number of fused-ring (bicyclic) bond motifs is 1. The van der Waals surface area contributed by atoms with E-state index in [1.807, 2.05) is 40.0 Å². The Kier molecular flexibility index (Phi) is 4.29. The van der Waals surface area contributed by atoms with Gasteiger partial charge in [-0.1, -0.05) is 30.8 Å². The molecule has 4 rings (SSSR count). The summed E-state index contributed by atoms with van der Waals surface area (Å²) < 4.78 is 16.0. The maximum Gasteiger partial charge on any atom is 0.245 e. The van der Waals surface area contributed by atoms with Gasteiger partial charge in [0.2, 0.25) is 5.91 Å².